The fourth-order valence-electron chi connectivity index (χ4n) is 3.56. The Morgan fingerprint density at radius 2 is 1.65 bits per heavy atom. The number of anilines is 1. The van der Waals surface area contributed by atoms with Crippen molar-refractivity contribution in [1.82, 2.24) is 4.90 Å². The molecule has 0 unspecified atom stereocenters. The first kappa shape index (κ1) is 23.1. The molecule has 0 saturated carbocycles. The molecule has 1 atom stereocenters. The predicted octanol–water partition coefficient (Wildman–Crippen LogP) is 3.24. The molecule has 1 heterocycles. The fourth-order valence-corrected chi connectivity index (χ4v) is 4.70. The minimum absolute atomic E-state index is 0.107. The molecule has 1 aliphatic rings. The zero-order chi connectivity index (χ0) is 22.4. The molecule has 1 amide bonds. The van der Waals surface area contributed by atoms with Crippen LogP contribution in [0.15, 0.2) is 47.4 Å². The molecule has 0 radical (unpaired) electrons. The molecule has 2 aromatic carbocycles. The van der Waals surface area contributed by atoms with Crippen molar-refractivity contribution in [2.24, 2.45) is 0 Å². The summed E-state index contributed by atoms with van der Waals surface area (Å²) in [6.45, 7) is 7.84. The number of amides is 1. The van der Waals surface area contributed by atoms with Crippen LogP contribution < -0.4 is 9.46 Å². The number of rotatable bonds is 8. The van der Waals surface area contributed by atoms with Crippen molar-refractivity contribution in [3.63, 3.8) is 0 Å². The second kappa shape index (κ2) is 10.2. The van der Waals surface area contributed by atoms with Crippen molar-refractivity contribution < 1.29 is 22.7 Å². The lowest BCUT2D eigenvalue weighted by molar-refractivity contribution is -0.142. The summed E-state index contributed by atoms with van der Waals surface area (Å²) in [6, 6.07) is 11.9. The van der Waals surface area contributed by atoms with Crippen molar-refractivity contribution in [2.45, 2.75) is 44.6 Å². The van der Waals surface area contributed by atoms with Crippen LogP contribution in [-0.2, 0) is 32.4 Å². The van der Waals surface area contributed by atoms with Gasteiger partial charge in [-0.1, -0.05) is 32.0 Å². The lowest BCUT2D eigenvalue weighted by Gasteiger charge is -2.29. The van der Waals surface area contributed by atoms with Gasteiger partial charge in [0.1, 0.15) is 5.75 Å². The van der Waals surface area contributed by atoms with E-state index in [4.69, 9.17) is 9.47 Å². The fraction of sp³-hybridized carbons (Fsp3) is 0.435. The number of hydrogen-bond acceptors (Lipinski definition) is 5. The summed E-state index contributed by atoms with van der Waals surface area (Å²) < 4.78 is 39.7. The third kappa shape index (κ3) is 5.57. The first-order valence-corrected chi connectivity index (χ1v) is 12.1. The molecule has 0 bridgehead atoms. The summed E-state index contributed by atoms with van der Waals surface area (Å²) >= 11 is 0. The zero-order valence-electron chi connectivity index (χ0n) is 18.3. The van der Waals surface area contributed by atoms with E-state index in [9.17, 15) is 13.2 Å². The van der Waals surface area contributed by atoms with Gasteiger partial charge in [-0.15, -0.1) is 0 Å². The average Bonchev–Trinajstić information content (AvgIpc) is 2.79. The quantitative estimate of drug-likeness (QED) is 0.673. The Bertz CT molecular complexity index is 977. The number of carbonyl (C=O) groups excluding carboxylic acids is 1. The molecule has 1 N–H and O–H groups in total. The van der Waals surface area contributed by atoms with Crippen molar-refractivity contribution in [2.75, 3.05) is 31.0 Å². The van der Waals surface area contributed by atoms with E-state index < -0.39 is 16.1 Å². The van der Waals surface area contributed by atoms with E-state index >= 15 is 0 Å². The summed E-state index contributed by atoms with van der Waals surface area (Å²) in [5.74, 6) is 0.334. The largest absolute Gasteiger partial charge is 0.481 e. The van der Waals surface area contributed by atoms with Crippen LogP contribution in [0.25, 0.3) is 0 Å². The van der Waals surface area contributed by atoms with Crippen molar-refractivity contribution in [3.8, 4) is 5.75 Å². The highest BCUT2D eigenvalue weighted by Crippen LogP contribution is 2.26. The van der Waals surface area contributed by atoms with Crippen LogP contribution in [0.5, 0.6) is 5.75 Å². The summed E-state index contributed by atoms with van der Waals surface area (Å²) in [5.41, 5.74) is 2.56. The number of sulfonamides is 1. The van der Waals surface area contributed by atoms with Crippen LogP contribution in [-0.4, -0.2) is 51.6 Å². The van der Waals surface area contributed by atoms with Gasteiger partial charge in [-0.25, -0.2) is 8.42 Å². The lowest BCUT2D eigenvalue weighted by atomic mass is 10.0. The third-order valence-corrected chi connectivity index (χ3v) is 6.72. The standard InChI is InChI=1S/C23H30N2O5S/c1-4-18-7-6-8-19(5-2)22(18)24-31(27,28)21-11-9-20(10-12-21)30-17(3)23(26)25-13-15-29-16-14-25/h6-12,17,24H,4-5,13-16H2,1-3H3/t17-/m1/s1. The Kier molecular flexibility index (Phi) is 7.56. The number of aryl methyl sites for hydroxylation is 2. The normalized spacial score (nSPS) is 15.4. The predicted molar refractivity (Wildman–Crippen MR) is 120 cm³/mol. The Balaban J connectivity index is 1.71. The van der Waals surface area contributed by atoms with Gasteiger partial charge < -0.3 is 14.4 Å². The molecule has 168 valence electrons. The third-order valence-electron chi connectivity index (χ3n) is 5.35. The first-order valence-electron chi connectivity index (χ1n) is 10.6. The molecule has 2 aromatic rings. The maximum Gasteiger partial charge on any atom is 0.263 e. The minimum atomic E-state index is -3.75. The zero-order valence-corrected chi connectivity index (χ0v) is 19.1. The lowest BCUT2D eigenvalue weighted by Crippen LogP contribution is -2.46. The first-order chi connectivity index (χ1) is 14.9. The second-order valence-electron chi connectivity index (χ2n) is 7.43. The van der Waals surface area contributed by atoms with Crippen LogP contribution in [0.1, 0.15) is 31.9 Å². The maximum atomic E-state index is 13.0. The van der Waals surface area contributed by atoms with E-state index in [0.29, 0.717) is 37.7 Å². The van der Waals surface area contributed by atoms with E-state index in [2.05, 4.69) is 4.72 Å². The Morgan fingerprint density at radius 1 is 1.06 bits per heavy atom. The van der Waals surface area contributed by atoms with E-state index in [-0.39, 0.29) is 10.8 Å². The minimum Gasteiger partial charge on any atom is -0.481 e. The molecular weight excluding hydrogens is 416 g/mol. The summed E-state index contributed by atoms with van der Waals surface area (Å²) in [7, 11) is -3.75. The topological polar surface area (TPSA) is 84.9 Å². The number of para-hydroxylation sites is 1. The van der Waals surface area contributed by atoms with Crippen molar-refractivity contribution in [3.05, 3.63) is 53.6 Å². The maximum absolute atomic E-state index is 13.0. The molecule has 1 saturated heterocycles. The van der Waals surface area contributed by atoms with Gasteiger partial charge in [-0.05, 0) is 55.2 Å². The number of hydrogen-bond donors (Lipinski definition) is 1. The van der Waals surface area contributed by atoms with Crippen molar-refractivity contribution >= 4 is 21.6 Å². The molecule has 7 nitrogen and oxygen atoms in total. The summed E-state index contributed by atoms with van der Waals surface area (Å²) in [4.78, 5) is 14.3. The van der Waals surface area contributed by atoms with Crippen LogP contribution in [0.2, 0.25) is 0 Å². The van der Waals surface area contributed by atoms with E-state index in [1.807, 2.05) is 32.0 Å². The van der Waals surface area contributed by atoms with Gasteiger partial charge in [0.2, 0.25) is 0 Å². The number of nitrogens with zero attached hydrogens (tertiary/aromatic N) is 1. The van der Waals surface area contributed by atoms with Crippen LogP contribution in [0, 0.1) is 0 Å². The van der Waals surface area contributed by atoms with Crippen LogP contribution in [0.4, 0.5) is 5.69 Å². The molecule has 0 spiro atoms. The highest BCUT2D eigenvalue weighted by atomic mass is 32.2. The van der Waals surface area contributed by atoms with Gasteiger partial charge in [0.25, 0.3) is 15.9 Å². The Hall–Kier alpha value is -2.58. The molecule has 1 aliphatic heterocycles. The SMILES string of the molecule is CCc1cccc(CC)c1NS(=O)(=O)c1ccc(O[C@H](C)C(=O)N2CCOCC2)cc1. The average molecular weight is 447 g/mol. The number of morpholine rings is 1. The second-order valence-corrected chi connectivity index (χ2v) is 9.12. The summed E-state index contributed by atoms with van der Waals surface area (Å²) in [6.07, 6.45) is 0.795. The van der Waals surface area contributed by atoms with E-state index in [1.165, 1.54) is 12.1 Å². The van der Waals surface area contributed by atoms with Gasteiger partial charge in [-0.2, -0.15) is 0 Å². The van der Waals surface area contributed by atoms with Gasteiger partial charge >= 0.3 is 0 Å². The molecule has 0 aromatic heterocycles. The van der Waals surface area contributed by atoms with E-state index in [1.54, 1.807) is 24.0 Å². The number of ether oxygens (including phenoxy) is 2. The van der Waals surface area contributed by atoms with Crippen LogP contribution in [0.3, 0.4) is 0 Å². The molecule has 31 heavy (non-hydrogen) atoms. The number of nitrogens with one attached hydrogen (secondary N) is 1. The number of benzene rings is 2. The van der Waals surface area contributed by atoms with E-state index in [0.717, 1.165) is 24.0 Å². The van der Waals surface area contributed by atoms with Crippen molar-refractivity contribution in [1.29, 1.82) is 0 Å². The molecule has 3 rings (SSSR count). The Labute approximate surface area is 184 Å². The molecule has 0 aliphatic carbocycles. The summed E-state index contributed by atoms with van der Waals surface area (Å²) in [5, 5.41) is 0. The van der Waals surface area contributed by atoms with Gasteiger partial charge in [0.15, 0.2) is 6.10 Å². The molecule has 8 heteroatoms. The molecular formula is C23H30N2O5S. The van der Waals surface area contributed by atoms with Crippen LogP contribution >= 0.6 is 0 Å². The van der Waals surface area contributed by atoms with Gasteiger partial charge in [0, 0.05) is 13.1 Å². The molecule has 1 fully saturated rings. The highest BCUT2D eigenvalue weighted by molar-refractivity contribution is 7.92. The smallest absolute Gasteiger partial charge is 0.263 e. The van der Waals surface area contributed by atoms with Gasteiger partial charge in [-0.3, -0.25) is 9.52 Å². The Morgan fingerprint density at radius 3 is 2.19 bits per heavy atom. The van der Waals surface area contributed by atoms with Gasteiger partial charge in [0.05, 0.1) is 23.8 Å². The highest BCUT2D eigenvalue weighted by Gasteiger charge is 2.24. The monoisotopic (exact) mass is 446 g/mol. The number of carbonyl (C=O) groups is 1.